The number of aromatic nitrogens is 2. The first-order valence-electron chi connectivity index (χ1n) is 7.36. The molecule has 1 heterocycles. The Kier molecular flexibility index (Phi) is 5.89. The van der Waals surface area contributed by atoms with Crippen molar-refractivity contribution in [3.05, 3.63) is 42.5 Å². The van der Waals surface area contributed by atoms with Crippen LogP contribution in [0.3, 0.4) is 0 Å². The first-order valence-corrected chi connectivity index (χ1v) is 7.36. The molecule has 0 amide bonds. The van der Waals surface area contributed by atoms with Gasteiger partial charge in [0, 0.05) is 23.5 Å². The number of unbranched alkanes of at least 4 members (excludes halogenated alkanes) is 2. The van der Waals surface area contributed by atoms with Gasteiger partial charge in [-0.2, -0.15) is 0 Å². The van der Waals surface area contributed by atoms with Gasteiger partial charge in [-0.25, -0.2) is 14.8 Å². The van der Waals surface area contributed by atoms with Crippen LogP contribution in [0.1, 0.15) is 36.5 Å². The number of hydrogen-bond acceptors (Lipinski definition) is 5. The monoisotopic (exact) mass is 300 g/mol. The van der Waals surface area contributed by atoms with Crippen LogP contribution in [0, 0.1) is 0 Å². The van der Waals surface area contributed by atoms with Crippen LogP contribution in [0.25, 0.3) is 11.1 Å². The van der Waals surface area contributed by atoms with Gasteiger partial charge in [0.1, 0.15) is 12.1 Å². The van der Waals surface area contributed by atoms with Gasteiger partial charge in [-0.05, 0) is 24.6 Å². The predicted molar refractivity (Wildman–Crippen MR) is 83.8 cm³/mol. The highest BCUT2D eigenvalue weighted by molar-refractivity contribution is 5.91. The number of nitrogens with zero attached hydrogens (tertiary/aromatic N) is 2. The zero-order chi connectivity index (χ0) is 15.8. The summed E-state index contributed by atoms with van der Waals surface area (Å²) in [5.74, 6) is 0.342. The topological polar surface area (TPSA) is 61.3 Å². The van der Waals surface area contributed by atoms with Crippen molar-refractivity contribution in [2.45, 2.75) is 26.2 Å². The number of esters is 1. The lowest BCUT2D eigenvalue weighted by molar-refractivity contribution is 0.0600. The minimum Gasteiger partial charge on any atom is -0.493 e. The molecule has 2 aromatic rings. The average molecular weight is 300 g/mol. The largest absolute Gasteiger partial charge is 0.493 e. The van der Waals surface area contributed by atoms with Gasteiger partial charge >= 0.3 is 5.97 Å². The molecule has 0 radical (unpaired) electrons. The van der Waals surface area contributed by atoms with Gasteiger partial charge in [-0.1, -0.05) is 19.8 Å². The number of rotatable bonds is 7. The maximum Gasteiger partial charge on any atom is 0.337 e. The summed E-state index contributed by atoms with van der Waals surface area (Å²) in [5.41, 5.74) is 2.07. The Bertz CT molecular complexity index is 615. The van der Waals surface area contributed by atoms with Crippen molar-refractivity contribution in [1.29, 1.82) is 0 Å². The van der Waals surface area contributed by atoms with Crippen LogP contribution < -0.4 is 4.74 Å². The van der Waals surface area contributed by atoms with E-state index in [1.807, 2.05) is 0 Å². The van der Waals surface area contributed by atoms with Crippen molar-refractivity contribution < 1.29 is 14.3 Å². The van der Waals surface area contributed by atoms with Gasteiger partial charge in [0.05, 0.1) is 19.3 Å². The minimum atomic E-state index is -0.379. The number of methoxy groups -OCH3 is 1. The number of carbonyl (C=O) groups is 1. The molecule has 0 aliphatic heterocycles. The van der Waals surface area contributed by atoms with Crippen molar-refractivity contribution in [3.8, 4) is 16.9 Å². The van der Waals surface area contributed by atoms with Crippen LogP contribution in [0.2, 0.25) is 0 Å². The third-order valence-corrected chi connectivity index (χ3v) is 3.28. The van der Waals surface area contributed by atoms with E-state index >= 15 is 0 Å². The van der Waals surface area contributed by atoms with Gasteiger partial charge in [0.2, 0.25) is 0 Å². The molecule has 2 rings (SSSR count). The van der Waals surface area contributed by atoms with Crippen molar-refractivity contribution in [2.75, 3.05) is 13.7 Å². The van der Waals surface area contributed by atoms with Crippen molar-refractivity contribution in [1.82, 2.24) is 9.97 Å². The molecule has 0 N–H and O–H groups in total. The lowest BCUT2D eigenvalue weighted by atomic mass is 10.0. The summed E-state index contributed by atoms with van der Waals surface area (Å²) in [6.45, 7) is 2.80. The van der Waals surface area contributed by atoms with E-state index in [0.717, 1.165) is 36.1 Å². The Morgan fingerprint density at radius 3 is 2.64 bits per heavy atom. The van der Waals surface area contributed by atoms with E-state index in [-0.39, 0.29) is 5.97 Å². The van der Waals surface area contributed by atoms with E-state index in [4.69, 9.17) is 9.47 Å². The third kappa shape index (κ3) is 4.04. The molecular weight excluding hydrogens is 280 g/mol. The molecule has 116 valence electrons. The predicted octanol–water partition coefficient (Wildman–Crippen LogP) is 3.50. The first-order chi connectivity index (χ1) is 10.8. The molecule has 0 saturated carbocycles. The van der Waals surface area contributed by atoms with Crippen molar-refractivity contribution >= 4 is 5.97 Å². The summed E-state index contributed by atoms with van der Waals surface area (Å²) >= 11 is 0. The summed E-state index contributed by atoms with van der Waals surface area (Å²) in [6.07, 6.45) is 8.13. The Balaban J connectivity index is 2.29. The highest BCUT2D eigenvalue weighted by atomic mass is 16.5. The van der Waals surface area contributed by atoms with Crippen molar-refractivity contribution in [2.24, 2.45) is 0 Å². The second kappa shape index (κ2) is 8.12. The second-order valence-corrected chi connectivity index (χ2v) is 4.89. The van der Waals surface area contributed by atoms with Gasteiger partial charge in [-0.15, -0.1) is 0 Å². The molecule has 0 fully saturated rings. The molecular formula is C17H20N2O3. The number of carbonyl (C=O) groups excluding carboxylic acids is 1. The highest BCUT2D eigenvalue weighted by Crippen LogP contribution is 2.30. The lowest BCUT2D eigenvalue weighted by Crippen LogP contribution is -2.04. The maximum absolute atomic E-state index is 11.7. The van der Waals surface area contributed by atoms with E-state index in [9.17, 15) is 4.79 Å². The van der Waals surface area contributed by atoms with Crippen LogP contribution in [-0.4, -0.2) is 29.7 Å². The molecule has 1 aromatic carbocycles. The van der Waals surface area contributed by atoms with Gasteiger partial charge in [0.15, 0.2) is 0 Å². The van der Waals surface area contributed by atoms with Gasteiger partial charge in [-0.3, -0.25) is 0 Å². The highest BCUT2D eigenvalue weighted by Gasteiger charge is 2.12. The number of benzene rings is 1. The van der Waals surface area contributed by atoms with Crippen molar-refractivity contribution in [3.63, 3.8) is 0 Å². The van der Waals surface area contributed by atoms with Gasteiger partial charge < -0.3 is 9.47 Å². The van der Waals surface area contributed by atoms with Gasteiger partial charge in [0.25, 0.3) is 0 Å². The molecule has 0 spiro atoms. The smallest absolute Gasteiger partial charge is 0.337 e. The number of ether oxygens (including phenoxy) is 2. The fourth-order valence-corrected chi connectivity index (χ4v) is 2.10. The molecule has 0 saturated heterocycles. The SMILES string of the molecule is CCCCCOc1ccc(C(=O)OC)cc1-c1cncnc1. The zero-order valence-corrected chi connectivity index (χ0v) is 12.9. The van der Waals surface area contributed by atoms with Crippen LogP contribution in [0.4, 0.5) is 0 Å². The standard InChI is InChI=1S/C17H20N2O3/c1-3-4-5-8-22-16-7-6-13(17(20)21-2)9-15(16)14-10-18-12-19-11-14/h6-7,9-12H,3-5,8H2,1-2H3. The van der Waals surface area contributed by atoms with E-state index in [2.05, 4.69) is 16.9 Å². The van der Waals surface area contributed by atoms with Crippen LogP contribution in [0.15, 0.2) is 36.9 Å². The van der Waals surface area contributed by atoms with E-state index in [1.54, 1.807) is 30.6 Å². The van der Waals surface area contributed by atoms with Crippen LogP contribution in [0.5, 0.6) is 5.75 Å². The Morgan fingerprint density at radius 1 is 1.18 bits per heavy atom. The molecule has 0 bridgehead atoms. The van der Waals surface area contributed by atoms with E-state index in [1.165, 1.54) is 13.4 Å². The molecule has 5 nitrogen and oxygen atoms in total. The maximum atomic E-state index is 11.7. The molecule has 1 aromatic heterocycles. The summed E-state index contributed by atoms with van der Waals surface area (Å²) in [6, 6.07) is 5.24. The van der Waals surface area contributed by atoms with E-state index in [0.29, 0.717) is 12.2 Å². The Labute approximate surface area is 130 Å². The average Bonchev–Trinajstić information content (AvgIpc) is 2.59. The second-order valence-electron chi connectivity index (χ2n) is 4.89. The minimum absolute atomic E-state index is 0.379. The van der Waals surface area contributed by atoms with E-state index < -0.39 is 0 Å². The Morgan fingerprint density at radius 2 is 1.95 bits per heavy atom. The molecule has 5 heteroatoms. The normalized spacial score (nSPS) is 10.3. The summed E-state index contributed by atoms with van der Waals surface area (Å²) < 4.78 is 10.6. The summed E-state index contributed by atoms with van der Waals surface area (Å²) in [5, 5.41) is 0. The quantitative estimate of drug-likeness (QED) is 0.578. The Hall–Kier alpha value is -2.43. The number of hydrogen-bond donors (Lipinski definition) is 0. The van der Waals surface area contributed by atoms with Crippen LogP contribution in [-0.2, 0) is 4.74 Å². The van der Waals surface area contributed by atoms with Crippen LogP contribution >= 0.6 is 0 Å². The summed E-state index contributed by atoms with van der Waals surface area (Å²) in [7, 11) is 1.36. The first kappa shape index (κ1) is 15.9. The lowest BCUT2D eigenvalue weighted by Gasteiger charge is -2.12. The molecule has 0 atom stereocenters. The molecule has 0 aliphatic carbocycles. The molecule has 0 aliphatic rings. The molecule has 0 unspecified atom stereocenters. The molecule has 22 heavy (non-hydrogen) atoms. The summed E-state index contributed by atoms with van der Waals surface area (Å²) in [4.78, 5) is 19.8. The fourth-order valence-electron chi connectivity index (χ4n) is 2.10. The fraction of sp³-hybridized carbons (Fsp3) is 0.353. The zero-order valence-electron chi connectivity index (χ0n) is 12.9. The third-order valence-electron chi connectivity index (χ3n) is 3.28.